The lowest BCUT2D eigenvalue weighted by Crippen LogP contribution is -2.54. The molecule has 3 rings (SSSR count). The molecular formula is C20H25FN2O3S. The minimum absolute atomic E-state index is 0.0267. The number of hydrogen-bond donors (Lipinski definition) is 1. The van der Waals surface area contributed by atoms with Gasteiger partial charge in [-0.3, -0.25) is 9.59 Å². The van der Waals surface area contributed by atoms with Crippen LogP contribution in [0.2, 0.25) is 0 Å². The van der Waals surface area contributed by atoms with Crippen molar-refractivity contribution in [1.29, 1.82) is 0 Å². The van der Waals surface area contributed by atoms with E-state index in [1.807, 2.05) is 0 Å². The number of fused-ring (bicyclic) bond motifs is 1. The summed E-state index contributed by atoms with van der Waals surface area (Å²) in [4.78, 5) is 27.5. The number of thioether (sulfide) groups is 1. The summed E-state index contributed by atoms with van der Waals surface area (Å²) in [7, 11) is 1.57. The largest absolute Gasteiger partial charge is 0.383 e. The van der Waals surface area contributed by atoms with Crippen LogP contribution in [0.5, 0.6) is 0 Å². The van der Waals surface area contributed by atoms with Gasteiger partial charge < -0.3 is 15.0 Å². The van der Waals surface area contributed by atoms with Crippen LogP contribution in [0.25, 0.3) is 6.08 Å². The highest BCUT2D eigenvalue weighted by molar-refractivity contribution is 8.04. The molecule has 1 saturated carbocycles. The van der Waals surface area contributed by atoms with Gasteiger partial charge in [-0.05, 0) is 25.0 Å². The molecular weight excluding hydrogens is 367 g/mol. The molecule has 7 heteroatoms. The molecule has 2 atom stereocenters. The Hall–Kier alpha value is -1.86. The maximum absolute atomic E-state index is 14.0. The Bertz CT molecular complexity index is 725. The van der Waals surface area contributed by atoms with Gasteiger partial charge in [0.25, 0.3) is 5.91 Å². The molecule has 0 aromatic heterocycles. The monoisotopic (exact) mass is 392 g/mol. The van der Waals surface area contributed by atoms with Crippen molar-refractivity contribution in [3.8, 4) is 0 Å². The highest BCUT2D eigenvalue weighted by Gasteiger charge is 2.41. The minimum Gasteiger partial charge on any atom is -0.383 e. The zero-order chi connectivity index (χ0) is 19.2. The van der Waals surface area contributed by atoms with Gasteiger partial charge in [0.2, 0.25) is 5.91 Å². The second kappa shape index (κ2) is 9.37. The molecule has 1 aliphatic carbocycles. The number of carbonyl (C=O) groups is 2. The molecule has 2 amide bonds. The molecule has 2 unspecified atom stereocenters. The molecule has 2 aliphatic rings. The second-order valence-corrected chi connectivity index (χ2v) is 8.10. The number of amides is 2. The highest BCUT2D eigenvalue weighted by Crippen LogP contribution is 2.42. The van der Waals surface area contributed by atoms with E-state index in [1.54, 1.807) is 36.3 Å². The molecule has 1 saturated heterocycles. The number of halogens is 1. The van der Waals surface area contributed by atoms with Gasteiger partial charge in [-0.25, -0.2) is 4.39 Å². The summed E-state index contributed by atoms with van der Waals surface area (Å²) in [5, 5.41) is 3.03. The van der Waals surface area contributed by atoms with Gasteiger partial charge in [0, 0.05) is 30.5 Å². The number of carbonyl (C=O) groups excluding carboxylic acids is 2. The minimum atomic E-state index is -0.354. The lowest BCUT2D eigenvalue weighted by atomic mass is 9.93. The molecule has 1 N–H and O–H groups in total. The smallest absolute Gasteiger partial charge is 0.261 e. The molecule has 0 bridgehead atoms. The predicted molar refractivity (Wildman–Crippen MR) is 105 cm³/mol. The second-order valence-electron chi connectivity index (χ2n) is 6.81. The van der Waals surface area contributed by atoms with Crippen LogP contribution >= 0.6 is 11.8 Å². The summed E-state index contributed by atoms with van der Waals surface area (Å²) in [6, 6.07) is 6.47. The fourth-order valence-electron chi connectivity index (χ4n) is 3.60. The number of methoxy groups -OCH3 is 1. The molecule has 27 heavy (non-hydrogen) atoms. The highest BCUT2D eigenvalue weighted by atomic mass is 32.2. The third-order valence-electron chi connectivity index (χ3n) is 4.95. The van der Waals surface area contributed by atoms with Crippen LogP contribution < -0.4 is 5.32 Å². The summed E-state index contributed by atoms with van der Waals surface area (Å²) in [6.45, 7) is 0.872. The van der Waals surface area contributed by atoms with Crippen LogP contribution in [-0.4, -0.2) is 54.8 Å². The van der Waals surface area contributed by atoms with Crippen molar-refractivity contribution >= 4 is 29.7 Å². The average Bonchev–Trinajstić information content (AvgIpc) is 2.67. The van der Waals surface area contributed by atoms with Crippen molar-refractivity contribution in [3.05, 3.63) is 40.6 Å². The van der Waals surface area contributed by atoms with Crippen LogP contribution in [0.1, 0.15) is 31.2 Å². The van der Waals surface area contributed by atoms with Gasteiger partial charge >= 0.3 is 0 Å². The van der Waals surface area contributed by atoms with Crippen LogP contribution in [0.4, 0.5) is 4.39 Å². The fraction of sp³-hybridized carbons (Fsp3) is 0.500. The fourth-order valence-corrected chi connectivity index (χ4v) is 5.06. The molecule has 1 aromatic rings. The average molecular weight is 392 g/mol. The van der Waals surface area contributed by atoms with Crippen molar-refractivity contribution in [3.63, 3.8) is 0 Å². The standard InChI is InChI=1S/C20H25FN2O3S/c1-26-11-10-22-19(24)13-23-16-8-4-5-9-17(16)27-18(20(23)25)12-14-6-2-3-7-15(14)21/h2-3,6-7,12,16-17H,4-5,8-11,13H2,1H3,(H,22,24)/b18-12-. The van der Waals surface area contributed by atoms with E-state index >= 15 is 0 Å². The number of hydrogen-bond acceptors (Lipinski definition) is 4. The number of benzene rings is 1. The molecule has 146 valence electrons. The van der Waals surface area contributed by atoms with Crippen LogP contribution in [0, 0.1) is 5.82 Å². The Morgan fingerprint density at radius 2 is 2.15 bits per heavy atom. The lowest BCUT2D eigenvalue weighted by molar-refractivity contribution is -0.135. The molecule has 5 nitrogen and oxygen atoms in total. The van der Waals surface area contributed by atoms with Gasteiger partial charge in [0.05, 0.1) is 11.5 Å². The Morgan fingerprint density at radius 3 is 2.93 bits per heavy atom. The number of rotatable bonds is 6. The molecule has 2 fully saturated rings. The summed E-state index contributed by atoms with van der Waals surface area (Å²) >= 11 is 1.53. The normalized spacial score (nSPS) is 24.0. The van der Waals surface area contributed by atoms with E-state index in [0.29, 0.717) is 23.6 Å². The van der Waals surface area contributed by atoms with E-state index in [-0.39, 0.29) is 35.5 Å². The van der Waals surface area contributed by atoms with E-state index < -0.39 is 0 Å². The third kappa shape index (κ3) is 4.90. The Labute approximate surface area is 163 Å². The van der Waals surface area contributed by atoms with Gasteiger partial charge in [-0.1, -0.05) is 31.0 Å². The first-order chi connectivity index (χ1) is 13.1. The Kier molecular flexibility index (Phi) is 6.90. The van der Waals surface area contributed by atoms with Crippen molar-refractivity contribution in [2.24, 2.45) is 0 Å². The third-order valence-corrected chi connectivity index (χ3v) is 6.35. The first-order valence-electron chi connectivity index (χ1n) is 9.29. The van der Waals surface area contributed by atoms with Crippen molar-refractivity contribution in [1.82, 2.24) is 10.2 Å². The summed E-state index contributed by atoms with van der Waals surface area (Å²) in [5.74, 6) is -0.733. The number of nitrogens with one attached hydrogen (secondary N) is 1. The zero-order valence-electron chi connectivity index (χ0n) is 15.4. The van der Waals surface area contributed by atoms with Crippen LogP contribution in [0.3, 0.4) is 0 Å². The van der Waals surface area contributed by atoms with Crippen molar-refractivity contribution in [2.45, 2.75) is 37.0 Å². The van der Waals surface area contributed by atoms with Gasteiger partial charge in [-0.15, -0.1) is 11.8 Å². The maximum atomic E-state index is 14.0. The Morgan fingerprint density at radius 1 is 1.37 bits per heavy atom. The van der Waals surface area contributed by atoms with E-state index in [0.717, 1.165) is 25.7 Å². The molecule has 1 aromatic carbocycles. The first kappa shape index (κ1) is 19.9. The SMILES string of the molecule is COCCNC(=O)CN1C(=O)/C(=C/c2ccccc2F)SC2CCCCC21. The van der Waals surface area contributed by atoms with Crippen LogP contribution in [-0.2, 0) is 14.3 Å². The van der Waals surface area contributed by atoms with Gasteiger partial charge in [-0.2, -0.15) is 0 Å². The van der Waals surface area contributed by atoms with E-state index in [1.165, 1.54) is 17.8 Å². The van der Waals surface area contributed by atoms with Crippen LogP contribution in [0.15, 0.2) is 29.2 Å². The topological polar surface area (TPSA) is 58.6 Å². The van der Waals surface area contributed by atoms with E-state index in [2.05, 4.69) is 5.32 Å². The summed E-state index contributed by atoms with van der Waals surface area (Å²) in [5.41, 5.74) is 0.395. The molecule has 0 radical (unpaired) electrons. The summed E-state index contributed by atoms with van der Waals surface area (Å²) in [6.07, 6.45) is 5.69. The van der Waals surface area contributed by atoms with Gasteiger partial charge in [0.15, 0.2) is 0 Å². The van der Waals surface area contributed by atoms with E-state index in [9.17, 15) is 14.0 Å². The quantitative estimate of drug-likeness (QED) is 0.597. The van der Waals surface area contributed by atoms with E-state index in [4.69, 9.17) is 4.74 Å². The summed E-state index contributed by atoms with van der Waals surface area (Å²) < 4.78 is 19.0. The maximum Gasteiger partial charge on any atom is 0.261 e. The lowest BCUT2D eigenvalue weighted by Gasteiger charge is -2.43. The molecule has 1 aliphatic heterocycles. The number of nitrogens with zero attached hydrogens (tertiary/aromatic N) is 1. The van der Waals surface area contributed by atoms with Crippen molar-refractivity contribution < 1.29 is 18.7 Å². The zero-order valence-corrected chi connectivity index (χ0v) is 16.3. The van der Waals surface area contributed by atoms with Crippen molar-refractivity contribution in [2.75, 3.05) is 26.8 Å². The number of ether oxygens (including phenoxy) is 1. The molecule has 0 spiro atoms. The molecule has 1 heterocycles. The van der Waals surface area contributed by atoms with Gasteiger partial charge in [0.1, 0.15) is 12.4 Å². The predicted octanol–water partition coefficient (Wildman–Crippen LogP) is 2.82. The Balaban J connectivity index is 1.80. The first-order valence-corrected chi connectivity index (χ1v) is 10.2.